The van der Waals surface area contributed by atoms with Gasteiger partial charge in [0.1, 0.15) is 0 Å². The summed E-state index contributed by atoms with van der Waals surface area (Å²) in [6, 6.07) is 0.0885. The molecule has 4 rings (SSSR count). The highest BCUT2D eigenvalue weighted by molar-refractivity contribution is 5.41. The Labute approximate surface area is 154 Å². The number of hydrogen-bond acceptors (Lipinski definition) is 7. The van der Waals surface area contributed by atoms with Crippen LogP contribution in [0.15, 0.2) is 16.9 Å². The summed E-state index contributed by atoms with van der Waals surface area (Å²) in [6.07, 6.45) is 10.7. The maximum Gasteiger partial charge on any atom is 0.234 e. The summed E-state index contributed by atoms with van der Waals surface area (Å²) < 4.78 is 11.3. The number of nitrogens with zero attached hydrogens (tertiary/aromatic N) is 5. The summed E-state index contributed by atoms with van der Waals surface area (Å²) in [7, 11) is 0. The first-order chi connectivity index (χ1) is 12.7. The molecule has 2 aromatic rings. The molecule has 0 N–H and O–H groups in total. The van der Waals surface area contributed by atoms with Crippen molar-refractivity contribution in [1.29, 1.82) is 0 Å². The lowest BCUT2D eigenvalue weighted by Gasteiger charge is -2.23. The third kappa shape index (κ3) is 3.66. The van der Waals surface area contributed by atoms with E-state index >= 15 is 0 Å². The smallest absolute Gasteiger partial charge is 0.234 e. The summed E-state index contributed by atoms with van der Waals surface area (Å²) >= 11 is 0. The van der Waals surface area contributed by atoms with E-state index in [2.05, 4.69) is 38.9 Å². The molecular formula is C19H27N5O2. The van der Waals surface area contributed by atoms with Crippen LogP contribution in [0, 0.1) is 5.92 Å². The molecule has 2 aromatic heterocycles. The van der Waals surface area contributed by atoms with Gasteiger partial charge in [0.25, 0.3) is 0 Å². The van der Waals surface area contributed by atoms with Gasteiger partial charge in [-0.15, -0.1) is 0 Å². The predicted octanol–water partition coefficient (Wildman–Crippen LogP) is 3.89. The van der Waals surface area contributed by atoms with E-state index in [1.54, 1.807) is 12.4 Å². The molecule has 0 amide bonds. The van der Waals surface area contributed by atoms with Gasteiger partial charge in [0, 0.05) is 12.5 Å². The number of rotatable bonds is 6. The van der Waals surface area contributed by atoms with E-state index in [4.69, 9.17) is 9.26 Å². The molecule has 7 heteroatoms. The molecule has 140 valence electrons. The zero-order valence-corrected chi connectivity index (χ0v) is 15.6. The first kappa shape index (κ1) is 17.2. The summed E-state index contributed by atoms with van der Waals surface area (Å²) in [6.45, 7) is 5.77. The third-order valence-electron chi connectivity index (χ3n) is 5.34. The molecule has 0 spiro atoms. The van der Waals surface area contributed by atoms with Crippen molar-refractivity contribution in [2.75, 3.05) is 18.1 Å². The summed E-state index contributed by atoms with van der Waals surface area (Å²) in [5, 5.41) is 4.20. The number of anilines is 1. The van der Waals surface area contributed by atoms with Crippen LogP contribution in [0.1, 0.15) is 76.0 Å². The van der Waals surface area contributed by atoms with Crippen LogP contribution in [0.25, 0.3) is 0 Å². The van der Waals surface area contributed by atoms with Crippen molar-refractivity contribution >= 4 is 5.82 Å². The van der Waals surface area contributed by atoms with Crippen LogP contribution in [0.3, 0.4) is 0 Å². The third-order valence-corrected chi connectivity index (χ3v) is 5.34. The van der Waals surface area contributed by atoms with E-state index in [1.807, 2.05) is 0 Å². The predicted molar refractivity (Wildman–Crippen MR) is 97.2 cm³/mol. The van der Waals surface area contributed by atoms with Crippen molar-refractivity contribution < 1.29 is 9.26 Å². The molecule has 7 nitrogen and oxygen atoms in total. The van der Waals surface area contributed by atoms with Gasteiger partial charge < -0.3 is 14.2 Å². The second kappa shape index (κ2) is 7.60. The van der Waals surface area contributed by atoms with E-state index in [1.165, 1.54) is 25.7 Å². The summed E-state index contributed by atoms with van der Waals surface area (Å²) in [5.41, 5.74) is 0. The lowest BCUT2D eigenvalue weighted by Crippen LogP contribution is -2.25. The molecule has 1 saturated heterocycles. The Morgan fingerprint density at radius 2 is 2.00 bits per heavy atom. The first-order valence-corrected chi connectivity index (χ1v) is 9.75. The molecule has 1 unspecified atom stereocenters. The van der Waals surface area contributed by atoms with E-state index in [9.17, 15) is 0 Å². The fourth-order valence-electron chi connectivity index (χ4n) is 3.85. The maximum atomic E-state index is 5.92. The largest absolute Gasteiger partial charge is 0.476 e. The average Bonchev–Trinajstić information content (AvgIpc) is 3.41. The van der Waals surface area contributed by atoms with Crippen molar-refractivity contribution in [3.05, 3.63) is 24.1 Å². The zero-order chi connectivity index (χ0) is 17.9. The van der Waals surface area contributed by atoms with Crippen molar-refractivity contribution in [1.82, 2.24) is 20.1 Å². The fourth-order valence-corrected chi connectivity index (χ4v) is 3.85. The van der Waals surface area contributed by atoms with Gasteiger partial charge in [-0.05, 0) is 31.6 Å². The standard InChI is InChI=1S/C19H27N5O2/c1-13(2)19-22-18(23-26-19)15-8-5-9-24(15)16-10-20-11-17(21-16)25-12-14-6-3-4-7-14/h10-11,13-15H,3-9,12H2,1-2H3. The maximum absolute atomic E-state index is 5.92. The van der Waals surface area contributed by atoms with E-state index in [-0.39, 0.29) is 12.0 Å². The molecule has 2 aliphatic rings. The summed E-state index contributed by atoms with van der Waals surface area (Å²) in [5.74, 6) is 3.76. The number of hydrogen-bond donors (Lipinski definition) is 0. The average molecular weight is 357 g/mol. The minimum absolute atomic E-state index is 0.0885. The quantitative estimate of drug-likeness (QED) is 0.776. The van der Waals surface area contributed by atoms with Crippen molar-refractivity contribution in [2.45, 2.75) is 64.3 Å². The van der Waals surface area contributed by atoms with Gasteiger partial charge in [-0.25, -0.2) is 0 Å². The van der Waals surface area contributed by atoms with Crippen LogP contribution in [-0.4, -0.2) is 33.3 Å². The van der Waals surface area contributed by atoms with Gasteiger partial charge >= 0.3 is 0 Å². The van der Waals surface area contributed by atoms with Gasteiger partial charge in [-0.3, -0.25) is 4.98 Å². The van der Waals surface area contributed by atoms with Crippen LogP contribution in [0.4, 0.5) is 5.82 Å². The minimum Gasteiger partial charge on any atom is -0.476 e. The molecule has 1 aliphatic heterocycles. The van der Waals surface area contributed by atoms with Gasteiger partial charge in [-0.1, -0.05) is 31.8 Å². The normalized spacial score (nSPS) is 21.0. The zero-order valence-electron chi connectivity index (χ0n) is 15.6. The lowest BCUT2D eigenvalue weighted by molar-refractivity contribution is 0.242. The van der Waals surface area contributed by atoms with E-state index in [0.29, 0.717) is 17.7 Å². The molecule has 0 radical (unpaired) electrons. The summed E-state index contributed by atoms with van der Waals surface area (Å²) in [4.78, 5) is 15.8. The van der Waals surface area contributed by atoms with Crippen molar-refractivity contribution in [3.8, 4) is 5.88 Å². The van der Waals surface area contributed by atoms with Gasteiger partial charge in [-0.2, -0.15) is 9.97 Å². The molecule has 1 aliphatic carbocycles. The Hall–Kier alpha value is -2.18. The van der Waals surface area contributed by atoms with Crippen LogP contribution in [0.2, 0.25) is 0 Å². The molecule has 1 saturated carbocycles. The number of ether oxygens (including phenoxy) is 1. The molecule has 26 heavy (non-hydrogen) atoms. The topological polar surface area (TPSA) is 77.2 Å². The van der Waals surface area contributed by atoms with E-state index < -0.39 is 0 Å². The Kier molecular flexibility index (Phi) is 5.04. The second-order valence-corrected chi connectivity index (χ2v) is 7.67. The van der Waals surface area contributed by atoms with Crippen molar-refractivity contribution in [3.63, 3.8) is 0 Å². The Morgan fingerprint density at radius 1 is 1.15 bits per heavy atom. The number of aromatic nitrogens is 4. The highest BCUT2D eigenvalue weighted by Gasteiger charge is 2.31. The van der Waals surface area contributed by atoms with Crippen LogP contribution in [0.5, 0.6) is 5.88 Å². The van der Waals surface area contributed by atoms with Gasteiger partial charge in [0.2, 0.25) is 11.8 Å². The molecule has 0 bridgehead atoms. The Balaban J connectivity index is 1.47. The van der Waals surface area contributed by atoms with Crippen LogP contribution < -0.4 is 9.64 Å². The molecule has 3 heterocycles. The van der Waals surface area contributed by atoms with Gasteiger partial charge in [0.15, 0.2) is 11.6 Å². The SMILES string of the molecule is CC(C)c1nc(C2CCCN2c2cncc(OCC3CCCC3)n2)no1. The van der Waals surface area contributed by atoms with Gasteiger partial charge in [0.05, 0.1) is 25.0 Å². The molecule has 0 aromatic carbocycles. The lowest BCUT2D eigenvalue weighted by atomic mass is 10.1. The highest BCUT2D eigenvalue weighted by Crippen LogP contribution is 2.34. The molecule has 2 fully saturated rings. The fraction of sp³-hybridized carbons (Fsp3) is 0.684. The van der Waals surface area contributed by atoms with E-state index in [0.717, 1.165) is 37.6 Å². The first-order valence-electron chi connectivity index (χ1n) is 9.75. The Morgan fingerprint density at radius 3 is 2.77 bits per heavy atom. The highest BCUT2D eigenvalue weighted by atomic mass is 16.5. The van der Waals surface area contributed by atoms with Crippen LogP contribution in [-0.2, 0) is 0 Å². The Bertz CT molecular complexity index is 726. The molecule has 1 atom stereocenters. The van der Waals surface area contributed by atoms with Crippen LogP contribution >= 0.6 is 0 Å². The molecular weight excluding hydrogens is 330 g/mol. The minimum atomic E-state index is 0.0885. The monoisotopic (exact) mass is 357 g/mol. The second-order valence-electron chi connectivity index (χ2n) is 7.67. The van der Waals surface area contributed by atoms with Crippen molar-refractivity contribution in [2.24, 2.45) is 5.92 Å².